The first kappa shape index (κ1) is 36.8. The van der Waals surface area contributed by atoms with Crippen LogP contribution in [-0.4, -0.2) is 34.7 Å². The minimum Gasteiger partial charge on any atom is -0.441 e. The minimum absolute atomic E-state index is 0.00384. The first-order valence-corrected chi connectivity index (χ1v) is 15.3. The second-order valence-corrected chi connectivity index (χ2v) is 12.5. The molecule has 0 spiro atoms. The summed E-state index contributed by atoms with van der Waals surface area (Å²) < 4.78 is 188. The third-order valence-electron chi connectivity index (χ3n) is 9.02. The number of hydrogen-bond acceptors (Lipinski definition) is 4. The summed E-state index contributed by atoms with van der Waals surface area (Å²) in [5, 5.41) is 0. The number of hydrogen-bond donors (Lipinski definition) is 0. The second-order valence-electron chi connectivity index (χ2n) is 12.5. The second kappa shape index (κ2) is 12.0. The van der Waals surface area contributed by atoms with Crippen LogP contribution in [0.3, 0.4) is 0 Å². The average molecular weight is 745 g/mol. The van der Waals surface area contributed by atoms with E-state index >= 15 is 0 Å². The Morgan fingerprint density at radius 1 is 0.481 bits per heavy atom. The van der Waals surface area contributed by atoms with Crippen LogP contribution in [0.5, 0.6) is 0 Å². The summed E-state index contributed by atoms with van der Waals surface area (Å²) in [6.45, 7) is 4.79. The molecule has 274 valence electrons. The van der Waals surface area contributed by atoms with Gasteiger partial charge >= 0.3 is 24.7 Å². The maximum Gasteiger partial charge on any atom is 0.411 e. The van der Waals surface area contributed by atoms with Crippen LogP contribution in [0.15, 0.2) is 93.8 Å². The molecule has 0 radical (unpaired) electrons. The van der Waals surface area contributed by atoms with Crippen LogP contribution >= 0.6 is 0 Å². The molecule has 2 aromatic heterocycles. The fraction of sp³-hybridized carbons (Fsp3) is 0.278. The SMILES string of the molecule is Cc1nc2cc(C(c3ccc4oc(-c5ccc(C(c6ccc(C(C)C)cc6)(C(F)(F)F)C(F)(F)F)cc5)nc4c3)(C(F)(F)F)C(F)(F)F)ccc2o1. The lowest BCUT2D eigenvalue weighted by molar-refractivity contribution is -0.290. The smallest absolute Gasteiger partial charge is 0.411 e. The summed E-state index contributed by atoms with van der Waals surface area (Å²) in [7, 11) is 0. The zero-order valence-corrected chi connectivity index (χ0v) is 26.9. The van der Waals surface area contributed by atoms with Crippen LogP contribution in [0.2, 0.25) is 0 Å². The van der Waals surface area contributed by atoms with Crippen LogP contribution in [0, 0.1) is 6.92 Å². The van der Waals surface area contributed by atoms with E-state index in [-0.39, 0.29) is 34.1 Å². The maximum absolute atomic E-state index is 14.8. The number of aromatic nitrogens is 2. The van der Waals surface area contributed by atoms with E-state index in [9.17, 15) is 52.7 Å². The molecule has 0 aliphatic carbocycles. The number of halogens is 12. The molecule has 0 aliphatic heterocycles. The molecule has 6 aromatic rings. The lowest BCUT2D eigenvalue weighted by Gasteiger charge is -2.38. The largest absolute Gasteiger partial charge is 0.441 e. The molecule has 4 aromatic carbocycles. The van der Waals surface area contributed by atoms with Crippen molar-refractivity contribution in [1.82, 2.24) is 9.97 Å². The number of benzene rings is 4. The van der Waals surface area contributed by atoms with E-state index in [1.807, 2.05) is 0 Å². The van der Waals surface area contributed by atoms with E-state index in [1.54, 1.807) is 13.8 Å². The van der Waals surface area contributed by atoms with Crippen LogP contribution in [-0.2, 0) is 10.8 Å². The lowest BCUT2D eigenvalue weighted by Crippen LogP contribution is -2.54. The Balaban J connectivity index is 1.47. The number of oxazole rings is 2. The van der Waals surface area contributed by atoms with Crippen molar-refractivity contribution in [3.8, 4) is 11.5 Å². The molecule has 0 bridgehead atoms. The normalized spacial score (nSPS) is 13.8. The number of nitrogens with zero attached hydrogens (tertiary/aromatic N) is 2. The molecular weight excluding hydrogens is 720 g/mol. The van der Waals surface area contributed by atoms with Gasteiger partial charge in [-0.2, -0.15) is 52.7 Å². The summed E-state index contributed by atoms with van der Waals surface area (Å²) >= 11 is 0. The van der Waals surface area contributed by atoms with Crippen molar-refractivity contribution in [3.63, 3.8) is 0 Å². The Morgan fingerprint density at radius 3 is 1.31 bits per heavy atom. The molecule has 4 nitrogen and oxygen atoms in total. The van der Waals surface area contributed by atoms with Crippen molar-refractivity contribution in [3.05, 3.63) is 119 Å². The van der Waals surface area contributed by atoms with Gasteiger partial charge < -0.3 is 8.83 Å². The Labute approximate surface area is 286 Å². The Hall–Kier alpha value is -5.02. The molecule has 0 saturated heterocycles. The summed E-state index contributed by atoms with van der Waals surface area (Å²) in [6, 6.07) is 10.7. The van der Waals surface area contributed by atoms with Crippen molar-refractivity contribution in [2.75, 3.05) is 0 Å². The van der Waals surface area contributed by atoms with Crippen LogP contribution < -0.4 is 0 Å². The Kier molecular flexibility index (Phi) is 8.50. The van der Waals surface area contributed by atoms with Crippen molar-refractivity contribution in [1.29, 1.82) is 0 Å². The Morgan fingerprint density at radius 2 is 0.865 bits per heavy atom. The Bertz CT molecular complexity index is 2210. The minimum atomic E-state index is -5.97. The van der Waals surface area contributed by atoms with Crippen LogP contribution in [0.1, 0.15) is 53.5 Å². The summed E-state index contributed by atoms with van der Waals surface area (Å²) in [4.78, 5) is 7.82. The van der Waals surface area contributed by atoms with E-state index in [2.05, 4.69) is 9.97 Å². The molecule has 0 saturated carbocycles. The molecule has 16 heteroatoms. The quantitative estimate of drug-likeness (QED) is 0.159. The predicted molar refractivity (Wildman–Crippen MR) is 165 cm³/mol. The van der Waals surface area contributed by atoms with Gasteiger partial charge in [-0.3, -0.25) is 0 Å². The average Bonchev–Trinajstić information content (AvgIpc) is 3.61. The van der Waals surface area contributed by atoms with Gasteiger partial charge in [-0.15, -0.1) is 0 Å². The molecule has 2 heterocycles. The van der Waals surface area contributed by atoms with Gasteiger partial charge in [0, 0.05) is 12.5 Å². The highest BCUT2D eigenvalue weighted by atomic mass is 19.4. The zero-order valence-electron chi connectivity index (χ0n) is 26.9. The molecule has 0 atom stereocenters. The van der Waals surface area contributed by atoms with Gasteiger partial charge in [-0.25, -0.2) is 9.97 Å². The highest BCUT2D eigenvalue weighted by molar-refractivity contribution is 5.79. The van der Waals surface area contributed by atoms with Crippen molar-refractivity contribution < 1.29 is 61.5 Å². The number of fused-ring (bicyclic) bond motifs is 2. The van der Waals surface area contributed by atoms with E-state index in [4.69, 9.17) is 8.83 Å². The molecular formula is C36H24F12N2O2. The first-order valence-electron chi connectivity index (χ1n) is 15.3. The highest BCUT2D eigenvalue weighted by Crippen LogP contribution is 2.58. The monoisotopic (exact) mass is 744 g/mol. The van der Waals surface area contributed by atoms with Gasteiger partial charge in [0.2, 0.25) is 16.7 Å². The van der Waals surface area contributed by atoms with Crippen molar-refractivity contribution in [2.45, 2.75) is 62.2 Å². The van der Waals surface area contributed by atoms with Gasteiger partial charge in [0.15, 0.2) is 17.1 Å². The molecule has 0 aliphatic rings. The number of aryl methyl sites for hydroxylation is 1. The van der Waals surface area contributed by atoms with Crippen molar-refractivity contribution >= 4 is 22.2 Å². The highest BCUT2D eigenvalue weighted by Gasteiger charge is 2.73. The fourth-order valence-corrected chi connectivity index (χ4v) is 6.50. The molecule has 0 N–H and O–H groups in total. The van der Waals surface area contributed by atoms with E-state index < -0.39 is 69.2 Å². The summed E-state index contributed by atoms with van der Waals surface area (Å²) in [5.74, 6) is -0.670. The maximum atomic E-state index is 14.8. The van der Waals surface area contributed by atoms with Gasteiger partial charge in [-0.05, 0) is 70.1 Å². The molecule has 0 amide bonds. The fourth-order valence-electron chi connectivity index (χ4n) is 6.50. The van der Waals surface area contributed by atoms with Crippen LogP contribution in [0.4, 0.5) is 52.7 Å². The number of rotatable bonds is 6. The van der Waals surface area contributed by atoms with E-state index in [1.165, 1.54) is 19.1 Å². The lowest BCUT2D eigenvalue weighted by atomic mass is 9.72. The topological polar surface area (TPSA) is 52.1 Å². The molecule has 6 rings (SSSR count). The van der Waals surface area contributed by atoms with Crippen LogP contribution in [0.25, 0.3) is 33.7 Å². The van der Waals surface area contributed by atoms with Crippen molar-refractivity contribution in [2.24, 2.45) is 0 Å². The molecule has 0 unspecified atom stereocenters. The third kappa shape index (κ3) is 5.57. The first-order chi connectivity index (χ1) is 24.0. The van der Waals surface area contributed by atoms with Gasteiger partial charge in [0.05, 0.1) is 0 Å². The van der Waals surface area contributed by atoms with E-state index in [0.29, 0.717) is 42.0 Å². The van der Waals surface area contributed by atoms with Gasteiger partial charge in [0.25, 0.3) is 0 Å². The van der Waals surface area contributed by atoms with Gasteiger partial charge in [-0.1, -0.05) is 62.4 Å². The summed E-state index contributed by atoms with van der Waals surface area (Å²) in [5.41, 5.74) is -14.7. The third-order valence-corrected chi connectivity index (χ3v) is 9.02. The summed E-state index contributed by atoms with van der Waals surface area (Å²) in [6.07, 6.45) is -23.7. The number of alkyl halides is 12. The zero-order chi connectivity index (χ0) is 38.2. The predicted octanol–water partition coefficient (Wildman–Crippen LogP) is 11.9. The molecule has 52 heavy (non-hydrogen) atoms. The molecule has 0 fully saturated rings. The standard InChI is InChI=1S/C36H24F12N2O2/c1-18(2)20-4-8-22(9-5-20)31(33(37,38)39,34(40,41)42)23-10-6-21(7-11-23)30-50-27-17-25(13-15-29(27)52-30)32(35(43,44)45,36(46,47)48)24-12-14-28-26(16-24)49-19(3)51-28/h4-18H,1-3H3. The van der Waals surface area contributed by atoms with E-state index in [0.717, 1.165) is 36.4 Å². The van der Waals surface area contributed by atoms with Gasteiger partial charge in [0.1, 0.15) is 11.0 Å².